The van der Waals surface area contributed by atoms with Gasteiger partial charge in [-0.2, -0.15) is 0 Å². The van der Waals surface area contributed by atoms with Crippen molar-refractivity contribution in [3.8, 4) is 0 Å². The van der Waals surface area contributed by atoms with Gasteiger partial charge < -0.3 is 10.1 Å². The smallest absolute Gasteiger partial charge is 0.305 e. The van der Waals surface area contributed by atoms with E-state index in [2.05, 4.69) is 25.2 Å². The van der Waals surface area contributed by atoms with Gasteiger partial charge in [0.15, 0.2) is 0 Å². The summed E-state index contributed by atoms with van der Waals surface area (Å²) in [6, 6.07) is 0. The number of aryl methyl sites for hydroxylation is 1. The van der Waals surface area contributed by atoms with E-state index in [0.29, 0.717) is 18.8 Å². The average molecular weight is 254 g/mol. The van der Waals surface area contributed by atoms with Crippen molar-refractivity contribution in [2.45, 2.75) is 32.6 Å². The van der Waals surface area contributed by atoms with E-state index in [1.165, 1.54) is 7.11 Å². The van der Waals surface area contributed by atoms with Crippen LogP contribution in [0.25, 0.3) is 0 Å². The molecule has 18 heavy (non-hydrogen) atoms. The van der Waals surface area contributed by atoms with Crippen molar-refractivity contribution in [3.05, 3.63) is 11.6 Å². The molecule has 100 valence electrons. The first-order chi connectivity index (χ1) is 8.67. The summed E-state index contributed by atoms with van der Waals surface area (Å²) in [5.41, 5.74) is 0. The number of rotatable bonds is 7. The molecule has 0 unspecified atom stereocenters. The highest BCUT2D eigenvalue weighted by Crippen LogP contribution is 1.97. The highest BCUT2D eigenvalue weighted by atomic mass is 16.5. The van der Waals surface area contributed by atoms with Gasteiger partial charge in [-0.05, 0) is 12.8 Å². The molecule has 0 fully saturated rings. The topological polar surface area (TPSA) is 97.0 Å². The lowest BCUT2D eigenvalue weighted by Gasteiger charge is -2.01. The molecule has 1 rings (SSSR count). The molecule has 0 aliphatic rings. The van der Waals surface area contributed by atoms with Crippen LogP contribution < -0.4 is 5.32 Å². The third kappa shape index (κ3) is 4.52. The standard InChI is InChI=1S/C11H18N4O3/c1-3-5-8-13-10(15-14-8)11(17)12-7-4-6-9(16)18-2/h3-7H2,1-2H3,(H,12,17)(H,13,14,15). The maximum atomic E-state index is 11.6. The molecule has 0 saturated carbocycles. The SMILES string of the molecule is CCCc1nc(C(=O)NCCCC(=O)OC)n[nH]1. The lowest BCUT2D eigenvalue weighted by atomic mass is 10.3. The van der Waals surface area contributed by atoms with Crippen LogP contribution >= 0.6 is 0 Å². The number of ether oxygens (including phenoxy) is 1. The first-order valence-electron chi connectivity index (χ1n) is 5.93. The summed E-state index contributed by atoms with van der Waals surface area (Å²) in [4.78, 5) is 26.5. The number of nitrogens with one attached hydrogen (secondary N) is 2. The van der Waals surface area contributed by atoms with Crippen LogP contribution in [0.15, 0.2) is 0 Å². The van der Waals surface area contributed by atoms with Crippen molar-refractivity contribution in [2.75, 3.05) is 13.7 Å². The van der Waals surface area contributed by atoms with E-state index >= 15 is 0 Å². The number of aromatic amines is 1. The molecule has 0 spiro atoms. The molecule has 0 aliphatic carbocycles. The predicted octanol–water partition coefficient (Wildman–Crippen LogP) is 0.440. The fourth-order valence-electron chi connectivity index (χ4n) is 1.36. The van der Waals surface area contributed by atoms with Gasteiger partial charge in [-0.15, -0.1) is 5.10 Å². The minimum absolute atomic E-state index is 0.136. The number of amides is 1. The Labute approximate surface area is 105 Å². The molecule has 0 aliphatic heterocycles. The van der Waals surface area contributed by atoms with Gasteiger partial charge in [0.25, 0.3) is 5.91 Å². The molecule has 7 heteroatoms. The molecule has 1 aromatic heterocycles. The number of H-pyrrole nitrogens is 1. The zero-order chi connectivity index (χ0) is 13.4. The van der Waals surface area contributed by atoms with Crippen molar-refractivity contribution in [3.63, 3.8) is 0 Å². The van der Waals surface area contributed by atoms with Crippen LogP contribution in [-0.2, 0) is 16.0 Å². The van der Waals surface area contributed by atoms with Crippen LogP contribution in [-0.4, -0.2) is 40.7 Å². The lowest BCUT2D eigenvalue weighted by Crippen LogP contribution is -2.26. The zero-order valence-electron chi connectivity index (χ0n) is 10.7. The van der Waals surface area contributed by atoms with Gasteiger partial charge in [-0.1, -0.05) is 6.92 Å². The highest BCUT2D eigenvalue weighted by molar-refractivity contribution is 5.90. The molecule has 0 aromatic carbocycles. The largest absolute Gasteiger partial charge is 0.469 e. The van der Waals surface area contributed by atoms with E-state index in [9.17, 15) is 9.59 Å². The number of aromatic nitrogens is 3. The third-order valence-corrected chi connectivity index (χ3v) is 2.29. The first-order valence-corrected chi connectivity index (χ1v) is 5.93. The number of hydrogen-bond donors (Lipinski definition) is 2. The fourth-order valence-corrected chi connectivity index (χ4v) is 1.36. The summed E-state index contributed by atoms with van der Waals surface area (Å²) in [7, 11) is 1.34. The van der Waals surface area contributed by atoms with Gasteiger partial charge in [0.1, 0.15) is 5.82 Å². The zero-order valence-corrected chi connectivity index (χ0v) is 10.7. The van der Waals surface area contributed by atoms with E-state index < -0.39 is 0 Å². The third-order valence-electron chi connectivity index (χ3n) is 2.29. The molecule has 1 heterocycles. The van der Waals surface area contributed by atoms with Crippen molar-refractivity contribution in [1.29, 1.82) is 0 Å². The van der Waals surface area contributed by atoms with E-state index in [-0.39, 0.29) is 24.1 Å². The number of carbonyl (C=O) groups excluding carboxylic acids is 2. The summed E-state index contributed by atoms with van der Waals surface area (Å²) in [6.45, 7) is 2.42. The van der Waals surface area contributed by atoms with Gasteiger partial charge >= 0.3 is 5.97 Å². The second kappa shape index (κ2) is 7.41. The molecular formula is C11H18N4O3. The number of nitrogens with zero attached hydrogens (tertiary/aromatic N) is 2. The molecule has 7 nitrogen and oxygen atoms in total. The van der Waals surface area contributed by atoms with Gasteiger partial charge in [0.05, 0.1) is 7.11 Å². The summed E-state index contributed by atoms with van der Waals surface area (Å²) < 4.78 is 4.49. The predicted molar refractivity (Wildman–Crippen MR) is 64.0 cm³/mol. The van der Waals surface area contributed by atoms with Crippen LogP contribution in [0, 0.1) is 0 Å². The Hall–Kier alpha value is -1.92. The summed E-state index contributed by atoms with van der Waals surface area (Å²) in [5, 5.41) is 9.18. The molecule has 0 radical (unpaired) electrons. The minimum atomic E-state index is -0.335. The monoisotopic (exact) mass is 254 g/mol. The Bertz CT molecular complexity index is 403. The van der Waals surface area contributed by atoms with E-state index in [0.717, 1.165) is 12.8 Å². The quantitative estimate of drug-likeness (QED) is 0.543. The minimum Gasteiger partial charge on any atom is -0.469 e. The number of esters is 1. The van der Waals surface area contributed by atoms with Crippen LogP contribution in [0.3, 0.4) is 0 Å². The second-order valence-electron chi connectivity index (χ2n) is 3.79. The highest BCUT2D eigenvalue weighted by Gasteiger charge is 2.11. The van der Waals surface area contributed by atoms with Gasteiger partial charge in [0, 0.05) is 19.4 Å². The summed E-state index contributed by atoms with van der Waals surface area (Å²) >= 11 is 0. The van der Waals surface area contributed by atoms with Crippen LogP contribution in [0.5, 0.6) is 0 Å². The Morgan fingerprint density at radius 2 is 2.22 bits per heavy atom. The van der Waals surface area contributed by atoms with Crippen LogP contribution in [0.1, 0.15) is 42.6 Å². The average Bonchev–Trinajstić information content (AvgIpc) is 2.83. The summed E-state index contributed by atoms with van der Waals surface area (Å²) in [6.07, 6.45) is 2.52. The Balaban J connectivity index is 2.29. The molecule has 0 atom stereocenters. The number of hydrogen-bond acceptors (Lipinski definition) is 5. The summed E-state index contributed by atoms with van der Waals surface area (Å²) in [5.74, 6) is 0.222. The van der Waals surface area contributed by atoms with Gasteiger partial charge in [-0.25, -0.2) is 4.98 Å². The number of carbonyl (C=O) groups is 2. The van der Waals surface area contributed by atoms with Crippen molar-refractivity contribution < 1.29 is 14.3 Å². The van der Waals surface area contributed by atoms with E-state index in [4.69, 9.17) is 0 Å². The van der Waals surface area contributed by atoms with E-state index in [1.54, 1.807) is 0 Å². The van der Waals surface area contributed by atoms with Gasteiger partial charge in [-0.3, -0.25) is 14.7 Å². The normalized spacial score (nSPS) is 10.1. The van der Waals surface area contributed by atoms with Crippen molar-refractivity contribution in [1.82, 2.24) is 20.5 Å². The molecule has 0 bridgehead atoms. The Morgan fingerprint density at radius 1 is 1.44 bits per heavy atom. The van der Waals surface area contributed by atoms with Crippen molar-refractivity contribution in [2.24, 2.45) is 0 Å². The molecule has 2 N–H and O–H groups in total. The van der Waals surface area contributed by atoms with Crippen LogP contribution in [0.4, 0.5) is 0 Å². The first kappa shape index (κ1) is 14.1. The second-order valence-corrected chi connectivity index (χ2v) is 3.79. The van der Waals surface area contributed by atoms with Crippen molar-refractivity contribution >= 4 is 11.9 Å². The molecular weight excluding hydrogens is 236 g/mol. The van der Waals surface area contributed by atoms with Crippen LogP contribution in [0.2, 0.25) is 0 Å². The fraction of sp³-hybridized carbons (Fsp3) is 0.636. The number of methoxy groups -OCH3 is 1. The van der Waals surface area contributed by atoms with Gasteiger partial charge in [0.2, 0.25) is 5.82 Å². The Morgan fingerprint density at radius 3 is 2.89 bits per heavy atom. The maximum Gasteiger partial charge on any atom is 0.305 e. The Kier molecular flexibility index (Phi) is 5.83. The molecule has 0 saturated heterocycles. The van der Waals surface area contributed by atoms with E-state index in [1.807, 2.05) is 6.92 Å². The maximum absolute atomic E-state index is 11.6. The molecule has 1 amide bonds. The lowest BCUT2D eigenvalue weighted by molar-refractivity contribution is -0.140. The molecule has 1 aromatic rings.